The first-order valence-electron chi connectivity index (χ1n) is 11.9. The summed E-state index contributed by atoms with van der Waals surface area (Å²) < 4.78 is 42.8. The molecule has 3 aromatic carbocycles. The number of rotatable bonds is 5. The van der Waals surface area contributed by atoms with Crippen molar-refractivity contribution in [1.82, 2.24) is 15.1 Å². The van der Waals surface area contributed by atoms with Crippen LogP contribution in [0.2, 0.25) is 0 Å². The molecular formula is C28H27F3N4O. The summed E-state index contributed by atoms with van der Waals surface area (Å²) in [5.41, 5.74) is 1.22. The molecule has 2 heterocycles. The van der Waals surface area contributed by atoms with Crippen LogP contribution in [0.3, 0.4) is 0 Å². The Kier molecular flexibility index (Phi) is 5.98. The van der Waals surface area contributed by atoms with Crippen LogP contribution in [0.15, 0.2) is 79.0 Å². The standard InChI is InChI=1S/C28H27F3N4O/c1-27(2,16-18-12-13-19-8-6-7-11-21(19)14-18)34-26(36)22-17-32-35-24(28(29,30)31)15-23(33-25(22)35)20-9-4-3-5-10-20/h3-14,17,23-24,33H,15-16H2,1-2H3,(H,34,36). The normalized spacial score (nSPS) is 17.9. The number of hydrogen-bond donors (Lipinski definition) is 2. The number of nitrogens with one attached hydrogen (secondary N) is 2. The van der Waals surface area contributed by atoms with Crippen LogP contribution in [0.4, 0.5) is 19.0 Å². The predicted molar refractivity (Wildman–Crippen MR) is 134 cm³/mol. The van der Waals surface area contributed by atoms with Crippen molar-refractivity contribution in [3.63, 3.8) is 0 Å². The summed E-state index contributed by atoms with van der Waals surface area (Å²) in [7, 11) is 0. The molecule has 0 spiro atoms. The quantitative estimate of drug-likeness (QED) is 0.337. The molecule has 0 saturated carbocycles. The van der Waals surface area contributed by atoms with Crippen molar-refractivity contribution in [3.8, 4) is 0 Å². The molecule has 36 heavy (non-hydrogen) atoms. The lowest BCUT2D eigenvalue weighted by molar-refractivity contribution is -0.173. The third kappa shape index (κ3) is 4.80. The fourth-order valence-electron chi connectivity index (χ4n) is 4.91. The van der Waals surface area contributed by atoms with E-state index >= 15 is 0 Å². The van der Waals surface area contributed by atoms with Crippen molar-refractivity contribution >= 4 is 22.5 Å². The first-order chi connectivity index (χ1) is 17.1. The van der Waals surface area contributed by atoms with E-state index in [0.717, 1.165) is 26.6 Å². The topological polar surface area (TPSA) is 59.0 Å². The molecule has 5 nitrogen and oxygen atoms in total. The maximum Gasteiger partial charge on any atom is 0.410 e. The Labute approximate surface area is 207 Å². The Balaban J connectivity index is 1.40. The highest BCUT2D eigenvalue weighted by molar-refractivity contribution is 5.99. The van der Waals surface area contributed by atoms with Gasteiger partial charge in [0.25, 0.3) is 5.91 Å². The summed E-state index contributed by atoms with van der Waals surface area (Å²) >= 11 is 0. The molecule has 4 aromatic rings. The highest BCUT2D eigenvalue weighted by Crippen LogP contribution is 2.44. The Bertz CT molecular complexity index is 1390. The number of nitrogens with zero attached hydrogens (tertiary/aromatic N) is 2. The number of alkyl halides is 3. The van der Waals surface area contributed by atoms with Crippen LogP contribution < -0.4 is 10.6 Å². The lowest BCUT2D eigenvalue weighted by Gasteiger charge is -2.34. The molecule has 8 heteroatoms. The summed E-state index contributed by atoms with van der Waals surface area (Å²) in [5, 5.41) is 12.4. The molecule has 1 amide bonds. The number of fused-ring (bicyclic) bond motifs is 2. The summed E-state index contributed by atoms with van der Waals surface area (Å²) in [6.45, 7) is 3.80. The van der Waals surface area contributed by atoms with Gasteiger partial charge in [-0.15, -0.1) is 0 Å². The molecule has 2 unspecified atom stereocenters. The van der Waals surface area contributed by atoms with Crippen molar-refractivity contribution in [3.05, 3.63) is 95.7 Å². The molecule has 1 aliphatic rings. The molecule has 0 aliphatic carbocycles. The number of carbonyl (C=O) groups excluding carboxylic acids is 1. The van der Waals surface area contributed by atoms with Crippen molar-refractivity contribution < 1.29 is 18.0 Å². The van der Waals surface area contributed by atoms with Crippen molar-refractivity contribution in [2.75, 3.05) is 5.32 Å². The predicted octanol–water partition coefficient (Wildman–Crippen LogP) is 6.45. The lowest BCUT2D eigenvalue weighted by Crippen LogP contribution is -2.45. The second-order valence-electron chi connectivity index (χ2n) is 9.95. The second kappa shape index (κ2) is 9.00. The van der Waals surface area contributed by atoms with Crippen molar-refractivity contribution in [2.24, 2.45) is 0 Å². The largest absolute Gasteiger partial charge is 0.410 e. The molecule has 0 fully saturated rings. The van der Waals surface area contributed by atoms with E-state index < -0.39 is 29.7 Å². The minimum Gasteiger partial charge on any atom is -0.363 e. The summed E-state index contributed by atoms with van der Waals surface area (Å²) in [6, 6.07) is 20.7. The molecule has 5 rings (SSSR count). The van der Waals surface area contributed by atoms with Crippen LogP contribution in [-0.2, 0) is 6.42 Å². The number of carbonyl (C=O) groups is 1. The van der Waals surface area contributed by atoms with E-state index in [2.05, 4.69) is 21.8 Å². The number of benzene rings is 3. The van der Waals surface area contributed by atoms with E-state index in [4.69, 9.17) is 0 Å². The number of aromatic nitrogens is 2. The van der Waals surface area contributed by atoms with E-state index in [9.17, 15) is 18.0 Å². The maximum absolute atomic E-state index is 14.0. The third-order valence-electron chi connectivity index (χ3n) is 6.60. The van der Waals surface area contributed by atoms with Crippen LogP contribution in [0.25, 0.3) is 10.8 Å². The molecular weight excluding hydrogens is 465 g/mol. The zero-order valence-corrected chi connectivity index (χ0v) is 20.0. The van der Waals surface area contributed by atoms with Crippen molar-refractivity contribution in [1.29, 1.82) is 0 Å². The van der Waals surface area contributed by atoms with Gasteiger partial charge in [0.15, 0.2) is 6.04 Å². The molecule has 1 aromatic heterocycles. The average Bonchev–Trinajstić information content (AvgIpc) is 3.27. The van der Waals surface area contributed by atoms with E-state index in [1.54, 1.807) is 24.3 Å². The van der Waals surface area contributed by atoms with Gasteiger partial charge in [0.2, 0.25) is 0 Å². The van der Waals surface area contributed by atoms with Crippen LogP contribution in [0.5, 0.6) is 0 Å². The van der Waals surface area contributed by atoms with Gasteiger partial charge in [0.1, 0.15) is 11.4 Å². The molecule has 0 bridgehead atoms. The number of anilines is 1. The summed E-state index contributed by atoms with van der Waals surface area (Å²) in [6.07, 6.45) is -2.94. The fourth-order valence-corrected chi connectivity index (χ4v) is 4.91. The van der Waals surface area contributed by atoms with Crippen LogP contribution in [0.1, 0.15) is 53.8 Å². The van der Waals surface area contributed by atoms with Crippen LogP contribution >= 0.6 is 0 Å². The maximum atomic E-state index is 14.0. The van der Waals surface area contributed by atoms with Gasteiger partial charge < -0.3 is 10.6 Å². The summed E-state index contributed by atoms with van der Waals surface area (Å²) in [5.74, 6) is -0.388. The van der Waals surface area contributed by atoms with E-state index in [0.29, 0.717) is 6.42 Å². The molecule has 2 atom stereocenters. The van der Waals surface area contributed by atoms with Crippen LogP contribution in [0, 0.1) is 0 Å². The lowest BCUT2D eigenvalue weighted by atomic mass is 9.93. The average molecular weight is 493 g/mol. The van der Waals surface area contributed by atoms with Gasteiger partial charge in [0.05, 0.1) is 12.2 Å². The monoisotopic (exact) mass is 492 g/mol. The summed E-state index contributed by atoms with van der Waals surface area (Å²) in [4.78, 5) is 13.3. The molecule has 2 N–H and O–H groups in total. The first-order valence-corrected chi connectivity index (χ1v) is 11.9. The van der Waals surface area contributed by atoms with Crippen molar-refractivity contribution in [2.45, 2.75) is 50.5 Å². The molecule has 186 valence electrons. The SMILES string of the molecule is CC(C)(Cc1ccc2ccccc2c1)NC(=O)c1cnn2c1NC(c1ccccc1)CC2C(F)(F)F. The second-order valence-corrected chi connectivity index (χ2v) is 9.95. The highest BCUT2D eigenvalue weighted by Gasteiger charge is 2.47. The smallest absolute Gasteiger partial charge is 0.363 e. The Morgan fingerprint density at radius 2 is 1.72 bits per heavy atom. The minimum atomic E-state index is -4.50. The number of hydrogen-bond acceptors (Lipinski definition) is 3. The Hall–Kier alpha value is -3.81. The Morgan fingerprint density at radius 1 is 1.03 bits per heavy atom. The minimum absolute atomic E-state index is 0.0800. The fraction of sp³-hybridized carbons (Fsp3) is 0.286. The van der Waals surface area contributed by atoms with Gasteiger partial charge in [-0.25, -0.2) is 4.68 Å². The molecule has 0 saturated heterocycles. The number of amides is 1. The van der Waals surface area contributed by atoms with Gasteiger partial charge in [-0.1, -0.05) is 72.8 Å². The Morgan fingerprint density at radius 3 is 2.44 bits per heavy atom. The van der Waals surface area contributed by atoms with Gasteiger partial charge in [-0.2, -0.15) is 18.3 Å². The van der Waals surface area contributed by atoms with Gasteiger partial charge in [-0.05, 0) is 42.2 Å². The molecule has 1 aliphatic heterocycles. The van der Waals surface area contributed by atoms with Gasteiger partial charge in [0, 0.05) is 12.0 Å². The first kappa shape index (κ1) is 23.9. The van der Waals surface area contributed by atoms with Gasteiger partial charge in [-0.3, -0.25) is 4.79 Å². The highest BCUT2D eigenvalue weighted by atomic mass is 19.4. The zero-order valence-electron chi connectivity index (χ0n) is 20.0. The number of halogens is 3. The van der Waals surface area contributed by atoms with E-state index in [-0.39, 0.29) is 17.8 Å². The van der Waals surface area contributed by atoms with E-state index in [1.165, 1.54) is 6.20 Å². The molecule has 0 radical (unpaired) electrons. The third-order valence-corrected chi connectivity index (χ3v) is 6.60. The van der Waals surface area contributed by atoms with E-state index in [1.807, 2.05) is 56.3 Å². The zero-order chi connectivity index (χ0) is 25.5. The van der Waals surface area contributed by atoms with Crippen LogP contribution in [-0.4, -0.2) is 27.4 Å². The van der Waals surface area contributed by atoms with Gasteiger partial charge >= 0.3 is 6.18 Å².